The van der Waals surface area contributed by atoms with Gasteiger partial charge >= 0.3 is 0 Å². The lowest BCUT2D eigenvalue weighted by Crippen LogP contribution is -2.26. The second-order valence-electron chi connectivity index (χ2n) is 8.03. The number of nitrogens with zero attached hydrogens (tertiary/aromatic N) is 2. The van der Waals surface area contributed by atoms with E-state index in [0.717, 1.165) is 42.9 Å². The van der Waals surface area contributed by atoms with Gasteiger partial charge in [-0.2, -0.15) is 0 Å². The molecule has 0 aliphatic rings. The van der Waals surface area contributed by atoms with E-state index < -0.39 is 0 Å². The van der Waals surface area contributed by atoms with Crippen LogP contribution < -0.4 is 10.9 Å². The second kappa shape index (κ2) is 10.1. The molecule has 2 aromatic carbocycles. The molecule has 0 spiro atoms. The molecule has 2 heterocycles. The largest absolute Gasteiger partial charge is 0.456 e. The van der Waals surface area contributed by atoms with Crippen LogP contribution in [-0.4, -0.2) is 42.4 Å². The first-order valence-electron chi connectivity index (χ1n) is 11.0. The Balaban J connectivity index is 1.61. The molecule has 0 atom stereocenters. The Morgan fingerprint density at radius 2 is 1.91 bits per heavy atom. The molecule has 6 nitrogen and oxygen atoms in total. The molecule has 33 heavy (non-hydrogen) atoms. The summed E-state index contributed by atoms with van der Waals surface area (Å²) in [7, 11) is 2.10. The van der Waals surface area contributed by atoms with Crippen LogP contribution in [0.4, 0.5) is 5.69 Å². The van der Waals surface area contributed by atoms with Crippen LogP contribution in [0, 0.1) is 5.41 Å². The Bertz CT molecular complexity index is 1320. The monoisotopic (exact) mass is 462 g/mol. The number of hydrogen-bond acceptors (Lipinski definition) is 5. The number of halogens is 1. The first kappa shape index (κ1) is 22.8. The number of anilines is 1. The van der Waals surface area contributed by atoms with E-state index in [1.807, 2.05) is 30.3 Å². The van der Waals surface area contributed by atoms with E-state index in [9.17, 15) is 4.79 Å². The molecule has 0 aliphatic heterocycles. The number of likely N-dealkylation sites (N-methyl/N-ethyl adjacent to an activating group) is 1. The third kappa shape index (κ3) is 5.02. The topological polar surface area (TPSA) is 74.3 Å². The highest BCUT2D eigenvalue weighted by atomic mass is 35.5. The van der Waals surface area contributed by atoms with Gasteiger partial charge in [-0.3, -0.25) is 9.36 Å². The van der Waals surface area contributed by atoms with Crippen molar-refractivity contribution in [1.82, 2.24) is 9.47 Å². The number of pyridine rings is 1. The summed E-state index contributed by atoms with van der Waals surface area (Å²) in [6.45, 7) is 4.92. The maximum Gasteiger partial charge on any atom is 0.266 e. The van der Waals surface area contributed by atoms with Crippen LogP contribution in [0.3, 0.4) is 0 Å². The number of nitrogens with one attached hydrogen (secondary N) is 2. The zero-order valence-corrected chi connectivity index (χ0v) is 19.5. The maximum atomic E-state index is 13.2. The van der Waals surface area contributed by atoms with Gasteiger partial charge in [0.2, 0.25) is 0 Å². The van der Waals surface area contributed by atoms with Crippen molar-refractivity contribution in [2.75, 3.05) is 32.0 Å². The van der Waals surface area contributed by atoms with Crippen LogP contribution in [0.25, 0.3) is 28.0 Å². The van der Waals surface area contributed by atoms with Gasteiger partial charge in [-0.15, -0.1) is 0 Å². The predicted molar refractivity (Wildman–Crippen MR) is 136 cm³/mol. The zero-order valence-electron chi connectivity index (χ0n) is 18.8. The van der Waals surface area contributed by atoms with Gasteiger partial charge in [0.25, 0.3) is 5.56 Å². The van der Waals surface area contributed by atoms with Crippen LogP contribution in [0.5, 0.6) is 0 Å². The van der Waals surface area contributed by atoms with E-state index in [0.29, 0.717) is 27.4 Å². The van der Waals surface area contributed by atoms with Crippen molar-refractivity contribution in [3.63, 3.8) is 0 Å². The molecule has 2 aromatic heterocycles. The molecule has 0 unspecified atom stereocenters. The fraction of sp³-hybridized carbons (Fsp3) is 0.231. The highest BCUT2D eigenvalue weighted by Gasteiger charge is 2.13. The van der Waals surface area contributed by atoms with E-state index in [4.69, 9.17) is 21.4 Å². The van der Waals surface area contributed by atoms with Crippen LogP contribution in [0.1, 0.15) is 18.9 Å². The normalized spacial score (nSPS) is 11.3. The number of fused-ring (bicyclic) bond motifs is 1. The third-order valence-corrected chi connectivity index (χ3v) is 5.85. The Hall–Kier alpha value is -3.35. The maximum absolute atomic E-state index is 13.2. The summed E-state index contributed by atoms with van der Waals surface area (Å²) < 4.78 is 7.48. The van der Waals surface area contributed by atoms with E-state index in [2.05, 4.69) is 24.2 Å². The van der Waals surface area contributed by atoms with Crippen LogP contribution in [0.2, 0.25) is 5.02 Å². The van der Waals surface area contributed by atoms with Gasteiger partial charge in [-0.25, -0.2) is 0 Å². The molecule has 7 heteroatoms. The van der Waals surface area contributed by atoms with Crippen molar-refractivity contribution in [3.05, 3.63) is 81.7 Å². The van der Waals surface area contributed by atoms with Crippen molar-refractivity contribution < 1.29 is 4.42 Å². The minimum atomic E-state index is -0.172. The lowest BCUT2D eigenvalue weighted by molar-refractivity contribution is 0.348. The summed E-state index contributed by atoms with van der Waals surface area (Å²) in [5.41, 5.74) is 3.51. The average molecular weight is 463 g/mol. The molecule has 0 radical (unpaired) electrons. The average Bonchev–Trinajstić information content (AvgIpc) is 3.25. The molecule has 0 saturated carbocycles. The summed E-state index contributed by atoms with van der Waals surface area (Å²) in [5.74, 6) is 0.615. The minimum Gasteiger partial charge on any atom is -0.456 e. The summed E-state index contributed by atoms with van der Waals surface area (Å²) in [6, 6.07) is 16.5. The number of hydrogen-bond donors (Lipinski definition) is 2. The zero-order chi connectivity index (χ0) is 23.4. The van der Waals surface area contributed by atoms with Crippen LogP contribution in [0.15, 0.2) is 70.0 Å². The summed E-state index contributed by atoms with van der Waals surface area (Å²) in [6.07, 6.45) is 4.13. The summed E-state index contributed by atoms with van der Waals surface area (Å²) in [4.78, 5) is 15.5. The molecule has 0 fully saturated rings. The predicted octanol–water partition coefficient (Wildman–Crippen LogP) is 5.66. The standard InChI is InChI=1S/C26H27ClN4O2/c1-3-12-30(2)14-11-29-23-9-8-21(15-19(23)17-28)31-13-10-24-22(26(31)32)16-25(33-24)18-4-6-20(27)7-5-18/h4-10,13,15-17,28-29H,3,11-12,14H2,1-2H3. The van der Waals surface area contributed by atoms with Crippen LogP contribution in [-0.2, 0) is 0 Å². The van der Waals surface area contributed by atoms with Gasteiger partial charge in [-0.1, -0.05) is 18.5 Å². The number of furan rings is 1. The van der Waals surface area contributed by atoms with E-state index in [1.165, 1.54) is 6.21 Å². The van der Waals surface area contributed by atoms with E-state index in [1.54, 1.807) is 35.0 Å². The highest BCUT2D eigenvalue weighted by Crippen LogP contribution is 2.27. The van der Waals surface area contributed by atoms with Crippen molar-refractivity contribution in [2.45, 2.75) is 13.3 Å². The van der Waals surface area contributed by atoms with Gasteiger partial charge in [-0.05, 0) is 74.6 Å². The minimum absolute atomic E-state index is 0.172. The van der Waals surface area contributed by atoms with Crippen molar-refractivity contribution in [1.29, 1.82) is 5.41 Å². The molecular weight excluding hydrogens is 436 g/mol. The number of rotatable bonds is 9. The van der Waals surface area contributed by atoms with E-state index in [-0.39, 0.29) is 5.56 Å². The van der Waals surface area contributed by atoms with Gasteiger partial charge in [0, 0.05) is 53.0 Å². The van der Waals surface area contributed by atoms with Gasteiger partial charge in [0.15, 0.2) is 0 Å². The molecule has 170 valence electrons. The van der Waals surface area contributed by atoms with Crippen LogP contribution >= 0.6 is 11.6 Å². The third-order valence-electron chi connectivity index (χ3n) is 5.60. The number of benzene rings is 2. The lowest BCUT2D eigenvalue weighted by atomic mass is 10.1. The van der Waals surface area contributed by atoms with Crippen molar-refractivity contribution >= 4 is 34.5 Å². The first-order valence-corrected chi connectivity index (χ1v) is 11.4. The molecule has 0 saturated heterocycles. The first-order chi connectivity index (χ1) is 16.0. The smallest absolute Gasteiger partial charge is 0.266 e. The van der Waals surface area contributed by atoms with Gasteiger partial charge in [0.1, 0.15) is 11.3 Å². The lowest BCUT2D eigenvalue weighted by Gasteiger charge is -2.17. The Morgan fingerprint density at radius 3 is 2.64 bits per heavy atom. The molecular formula is C26H27ClN4O2. The van der Waals surface area contributed by atoms with Gasteiger partial charge < -0.3 is 20.0 Å². The molecule has 0 amide bonds. The quantitative estimate of drug-likeness (QED) is 0.315. The summed E-state index contributed by atoms with van der Waals surface area (Å²) >= 11 is 5.98. The summed E-state index contributed by atoms with van der Waals surface area (Å²) in [5, 5.41) is 12.4. The fourth-order valence-electron chi connectivity index (χ4n) is 3.85. The SMILES string of the molecule is CCCN(C)CCNc1ccc(-n2ccc3oc(-c4ccc(Cl)cc4)cc3c2=O)cc1C=N. The van der Waals surface area contributed by atoms with Gasteiger partial charge in [0.05, 0.1) is 5.39 Å². The molecule has 0 bridgehead atoms. The second-order valence-corrected chi connectivity index (χ2v) is 8.47. The molecule has 4 aromatic rings. The van der Waals surface area contributed by atoms with Crippen molar-refractivity contribution in [3.8, 4) is 17.0 Å². The van der Waals surface area contributed by atoms with E-state index >= 15 is 0 Å². The fourth-order valence-corrected chi connectivity index (χ4v) is 3.98. The Kier molecular flexibility index (Phi) is 6.96. The highest BCUT2D eigenvalue weighted by molar-refractivity contribution is 6.30. The Labute approximate surface area is 197 Å². The Morgan fingerprint density at radius 1 is 1.12 bits per heavy atom. The molecule has 2 N–H and O–H groups in total. The molecule has 4 rings (SSSR count). The number of aromatic nitrogens is 1. The van der Waals surface area contributed by atoms with Crippen molar-refractivity contribution in [2.24, 2.45) is 0 Å². The molecule has 0 aliphatic carbocycles.